The second-order valence-electron chi connectivity index (χ2n) is 8.78. The van der Waals surface area contributed by atoms with E-state index in [2.05, 4.69) is 22.5 Å². The smallest absolute Gasteiger partial charge is 0.342 e. The van der Waals surface area contributed by atoms with E-state index in [-0.39, 0.29) is 18.9 Å². The SMILES string of the molecule is COc1cccc2c1C(=O)O[C@@H](Cc1cn(Cc3ccc4c(c3)OCO4)nn1)CCCC/C=C/C2. The largest absolute Gasteiger partial charge is 0.496 e. The number of benzene rings is 2. The summed E-state index contributed by atoms with van der Waals surface area (Å²) in [6.07, 6.45) is 10.9. The van der Waals surface area contributed by atoms with Gasteiger partial charge in [0.25, 0.3) is 0 Å². The number of ether oxygens (including phenoxy) is 4. The Hall–Kier alpha value is -3.81. The van der Waals surface area contributed by atoms with E-state index in [1.54, 1.807) is 17.9 Å². The molecule has 0 saturated carbocycles. The number of cyclic esters (lactones) is 1. The topological polar surface area (TPSA) is 84.7 Å². The van der Waals surface area contributed by atoms with Crippen molar-refractivity contribution >= 4 is 5.97 Å². The van der Waals surface area contributed by atoms with Crippen LogP contribution in [0.4, 0.5) is 0 Å². The summed E-state index contributed by atoms with van der Waals surface area (Å²) in [6, 6.07) is 11.5. The molecule has 1 atom stereocenters. The lowest BCUT2D eigenvalue weighted by molar-refractivity contribution is 0.0271. The van der Waals surface area contributed by atoms with Crippen LogP contribution in [-0.4, -0.2) is 41.0 Å². The number of carbonyl (C=O) groups excluding carboxylic acids is 1. The van der Waals surface area contributed by atoms with Crippen molar-refractivity contribution in [3.63, 3.8) is 0 Å². The van der Waals surface area contributed by atoms with Crippen molar-refractivity contribution in [1.29, 1.82) is 0 Å². The van der Waals surface area contributed by atoms with E-state index in [0.717, 1.165) is 54.0 Å². The first kappa shape index (κ1) is 23.0. The van der Waals surface area contributed by atoms with E-state index in [4.69, 9.17) is 18.9 Å². The van der Waals surface area contributed by atoms with Crippen molar-refractivity contribution in [3.05, 3.63) is 77.1 Å². The van der Waals surface area contributed by atoms with Crippen molar-refractivity contribution in [3.8, 4) is 17.2 Å². The molecule has 2 aliphatic rings. The third kappa shape index (κ3) is 5.48. The van der Waals surface area contributed by atoms with Gasteiger partial charge in [0.1, 0.15) is 17.4 Å². The molecule has 0 N–H and O–H groups in total. The lowest BCUT2D eigenvalue weighted by Crippen LogP contribution is -2.22. The predicted octanol–water partition coefficient (Wildman–Crippen LogP) is 4.50. The minimum absolute atomic E-state index is 0.249. The standard InChI is InChI=1S/C27H29N3O5/c1-32-24-11-7-9-20-8-5-3-2-4-6-10-22(35-27(31)26(20)24)15-21-17-30(29-28-21)16-19-12-13-23-25(14-19)34-18-33-23/h3,5,7,9,11-14,17,22H,2,4,6,8,10,15-16,18H2,1H3/b5-3+/t22-/m1/s1. The lowest BCUT2D eigenvalue weighted by atomic mass is 10.0. The van der Waals surface area contributed by atoms with Gasteiger partial charge < -0.3 is 18.9 Å². The average molecular weight is 476 g/mol. The molecule has 2 aliphatic heterocycles. The molecule has 8 nitrogen and oxygen atoms in total. The summed E-state index contributed by atoms with van der Waals surface area (Å²) < 4.78 is 24.1. The van der Waals surface area contributed by atoms with E-state index < -0.39 is 0 Å². The Balaban J connectivity index is 1.30. The number of fused-ring (bicyclic) bond motifs is 2. The first-order valence-electron chi connectivity index (χ1n) is 12.0. The van der Waals surface area contributed by atoms with E-state index >= 15 is 0 Å². The number of esters is 1. The van der Waals surface area contributed by atoms with Crippen LogP contribution in [0.2, 0.25) is 0 Å². The molecule has 0 bridgehead atoms. The van der Waals surface area contributed by atoms with Crippen LogP contribution in [0.1, 0.15) is 52.9 Å². The van der Waals surface area contributed by atoms with Gasteiger partial charge in [-0.25, -0.2) is 9.48 Å². The summed E-state index contributed by atoms with van der Waals surface area (Å²) in [5.74, 6) is 1.68. The zero-order valence-electron chi connectivity index (χ0n) is 19.8. The molecule has 0 fully saturated rings. The maximum atomic E-state index is 13.3. The molecule has 0 amide bonds. The van der Waals surface area contributed by atoms with Gasteiger partial charge in [-0.05, 0) is 61.4 Å². The maximum Gasteiger partial charge on any atom is 0.342 e. The summed E-state index contributed by atoms with van der Waals surface area (Å²) >= 11 is 0. The number of methoxy groups -OCH3 is 1. The van der Waals surface area contributed by atoms with Crippen molar-refractivity contribution in [2.45, 2.75) is 51.2 Å². The van der Waals surface area contributed by atoms with E-state index in [1.807, 2.05) is 36.5 Å². The van der Waals surface area contributed by atoms with Gasteiger partial charge in [-0.1, -0.05) is 35.6 Å². The normalized spacial score (nSPS) is 18.7. The number of allylic oxidation sites excluding steroid dienone is 2. The van der Waals surface area contributed by atoms with Gasteiger partial charge in [-0.3, -0.25) is 0 Å². The Morgan fingerprint density at radius 1 is 1.11 bits per heavy atom. The quantitative estimate of drug-likeness (QED) is 0.397. The number of aromatic nitrogens is 3. The van der Waals surface area contributed by atoms with Gasteiger partial charge in [0.15, 0.2) is 11.5 Å². The molecule has 0 unspecified atom stereocenters. The Morgan fingerprint density at radius 3 is 2.94 bits per heavy atom. The van der Waals surface area contributed by atoms with Gasteiger partial charge in [0.2, 0.25) is 6.79 Å². The predicted molar refractivity (Wildman–Crippen MR) is 129 cm³/mol. The first-order chi connectivity index (χ1) is 17.2. The summed E-state index contributed by atoms with van der Waals surface area (Å²) in [5, 5.41) is 8.62. The summed E-state index contributed by atoms with van der Waals surface area (Å²) in [6.45, 7) is 0.810. The fraction of sp³-hybridized carbons (Fsp3) is 0.370. The Kier molecular flexibility index (Phi) is 6.97. The van der Waals surface area contributed by atoms with Crippen molar-refractivity contribution in [2.75, 3.05) is 13.9 Å². The summed E-state index contributed by atoms with van der Waals surface area (Å²) in [7, 11) is 1.57. The van der Waals surface area contributed by atoms with Gasteiger partial charge in [0, 0.05) is 12.6 Å². The minimum Gasteiger partial charge on any atom is -0.496 e. The minimum atomic E-state index is -0.357. The fourth-order valence-corrected chi connectivity index (χ4v) is 4.49. The zero-order chi connectivity index (χ0) is 24.0. The molecule has 0 aliphatic carbocycles. The maximum absolute atomic E-state index is 13.3. The molecule has 2 aromatic carbocycles. The highest BCUT2D eigenvalue weighted by molar-refractivity contribution is 5.94. The second-order valence-corrected chi connectivity index (χ2v) is 8.78. The molecule has 182 valence electrons. The van der Waals surface area contributed by atoms with Crippen LogP contribution in [0.5, 0.6) is 17.2 Å². The summed E-state index contributed by atoms with van der Waals surface area (Å²) in [4.78, 5) is 13.3. The number of carbonyl (C=O) groups is 1. The highest BCUT2D eigenvalue weighted by atomic mass is 16.7. The van der Waals surface area contributed by atoms with Crippen LogP contribution in [-0.2, 0) is 24.1 Å². The molecule has 3 heterocycles. The van der Waals surface area contributed by atoms with Gasteiger partial charge >= 0.3 is 5.97 Å². The van der Waals surface area contributed by atoms with Crippen molar-refractivity contribution in [1.82, 2.24) is 15.0 Å². The highest BCUT2D eigenvalue weighted by Gasteiger charge is 2.23. The molecule has 0 spiro atoms. The van der Waals surface area contributed by atoms with Crippen LogP contribution < -0.4 is 14.2 Å². The third-order valence-electron chi connectivity index (χ3n) is 6.27. The molecule has 8 heteroatoms. The molecule has 35 heavy (non-hydrogen) atoms. The fourth-order valence-electron chi connectivity index (χ4n) is 4.49. The van der Waals surface area contributed by atoms with E-state index in [1.165, 1.54) is 0 Å². The van der Waals surface area contributed by atoms with E-state index in [9.17, 15) is 4.79 Å². The van der Waals surface area contributed by atoms with Crippen molar-refractivity contribution in [2.24, 2.45) is 0 Å². The average Bonchev–Trinajstić information content (AvgIpc) is 3.51. The highest BCUT2D eigenvalue weighted by Crippen LogP contribution is 2.32. The molecular formula is C27H29N3O5. The van der Waals surface area contributed by atoms with Gasteiger partial charge in [-0.2, -0.15) is 0 Å². The Morgan fingerprint density at radius 2 is 2.03 bits per heavy atom. The summed E-state index contributed by atoms with van der Waals surface area (Å²) in [5.41, 5.74) is 3.23. The lowest BCUT2D eigenvalue weighted by Gasteiger charge is -2.19. The molecule has 5 rings (SSSR count). The van der Waals surface area contributed by atoms with Crippen LogP contribution in [0, 0.1) is 0 Å². The first-order valence-corrected chi connectivity index (χ1v) is 12.0. The Bertz CT molecular complexity index is 1220. The molecule has 3 aromatic rings. The van der Waals surface area contributed by atoms with Crippen molar-refractivity contribution < 1.29 is 23.7 Å². The number of hydrogen-bond donors (Lipinski definition) is 0. The molecular weight excluding hydrogens is 446 g/mol. The monoisotopic (exact) mass is 475 g/mol. The van der Waals surface area contributed by atoms with Crippen LogP contribution in [0.25, 0.3) is 0 Å². The number of nitrogens with zero attached hydrogens (tertiary/aromatic N) is 3. The molecule has 0 radical (unpaired) electrons. The number of rotatable bonds is 5. The molecule has 0 saturated heterocycles. The molecule has 1 aromatic heterocycles. The zero-order valence-corrected chi connectivity index (χ0v) is 19.8. The second kappa shape index (κ2) is 10.6. The number of hydrogen-bond acceptors (Lipinski definition) is 7. The van der Waals surface area contributed by atoms with Crippen LogP contribution in [0.15, 0.2) is 54.7 Å². The Labute approximate surface area is 204 Å². The third-order valence-corrected chi connectivity index (χ3v) is 6.27. The van der Waals surface area contributed by atoms with Crippen LogP contribution >= 0.6 is 0 Å². The van der Waals surface area contributed by atoms with Gasteiger partial charge in [0.05, 0.1) is 19.3 Å². The van der Waals surface area contributed by atoms with Crippen LogP contribution in [0.3, 0.4) is 0 Å². The van der Waals surface area contributed by atoms with E-state index in [0.29, 0.717) is 30.7 Å². The van der Waals surface area contributed by atoms with Gasteiger partial charge in [-0.15, -0.1) is 5.10 Å².